The van der Waals surface area contributed by atoms with Gasteiger partial charge in [-0.05, 0) is 19.3 Å². The first-order valence-electron chi connectivity index (χ1n) is 3.86. The van der Waals surface area contributed by atoms with Crippen molar-refractivity contribution in [2.75, 3.05) is 0 Å². The van der Waals surface area contributed by atoms with E-state index in [1.165, 1.54) is 6.08 Å². The zero-order chi connectivity index (χ0) is 9.35. The maximum absolute atomic E-state index is 12.1. The molecule has 1 aliphatic rings. The van der Waals surface area contributed by atoms with E-state index in [9.17, 15) is 13.2 Å². The highest BCUT2D eigenvalue weighted by molar-refractivity contribution is 5.27. The summed E-state index contributed by atoms with van der Waals surface area (Å²) in [5.41, 5.74) is 0.601. The lowest BCUT2D eigenvalue weighted by Crippen LogP contribution is -2.17. The van der Waals surface area contributed by atoms with E-state index in [-0.39, 0.29) is 12.3 Å². The summed E-state index contributed by atoms with van der Waals surface area (Å²) in [6, 6.07) is 0. The fourth-order valence-electron chi connectivity index (χ4n) is 1.17. The van der Waals surface area contributed by atoms with Gasteiger partial charge >= 0.3 is 6.18 Å². The van der Waals surface area contributed by atoms with Crippen molar-refractivity contribution in [3.05, 3.63) is 23.3 Å². The highest BCUT2D eigenvalue weighted by Gasteiger charge is 2.34. The van der Waals surface area contributed by atoms with Crippen molar-refractivity contribution in [3.8, 4) is 0 Å². The van der Waals surface area contributed by atoms with Crippen LogP contribution in [0.4, 0.5) is 13.2 Å². The van der Waals surface area contributed by atoms with Crippen molar-refractivity contribution in [2.24, 2.45) is 5.92 Å². The quantitative estimate of drug-likeness (QED) is 0.530. The topological polar surface area (TPSA) is 0 Å². The van der Waals surface area contributed by atoms with Crippen molar-refractivity contribution >= 4 is 0 Å². The molecule has 0 fully saturated rings. The first-order chi connectivity index (χ1) is 5.41. The van der Waals surface area contributed by atoms with Gasteiger partial charge in [0.2, 0.25) is 0 Å². The van der Waals surface area contributed by atoms with E-state index in [0.717, 1.165) is 5.57 Å². The van der Waals surface area contributed by atoms with Gasteiger partial charge in [-0.25, -0.2) is 0 Å². The van der Waals surface area contributed by atoms with Crippen LogP contribution >= 0.6 is 0 Å². The van der Waals surface area contributed by atoms with Gasteiger partial charge in [-0.3, -0.25) is 0 Å². The molecule has 0 saturated carbocycles. The van der Waals surface area contributed by atoms with E-state index < -0.39 is 11.7 Å². The molecule has 0 nitrogen and oxygen atoms in total. The van der Waals surface area contributed by atoms with Gasteiger partial charge in [-0.15, -0.1) is 0 Å². The molecule has 12 heavy (non-hydrogen) atoms. The Bertz CT molecular complexity index is 233. The third kappa shape index (κ3) is 1.90. The molecule has 0 aromatic carbocycles. The molecule has 1 aliphatic carbocycles. The monoisotopic (exact) mass is 176 g/mol. The van der Waals surface area contributed by atoms with Crippen LogP contribution in [0.15, 0.2) is 23.3 Å². The van der Waals surface area contributed by atoms with Gasteiger partial charge in [-0.1, -0.05) is 24.6 Å². The third-order valence-electron chi connectivity index (χ3n) is 2.21. The van der Waals surface area contributed by atoms with Gasteiger partial charge in [0.15, 0.2) is 0 Å². The van der Waals surface area contributed by atoms with E-state index >= 15 is 0 Å². The van der Waals surface area contributed by atoms with Crippen molar-refractivity contribution in [2.45, 2.75) is 26.4 Å². The number of alkyl halides is 3. The second-order valence-corrected chi connectivity index (χ2v) is 3.21. The first kappa shape index (κ1) is 9.36. The Balaban J connectivity index is 2.84. The highest BCUT2D eigenvalue weighted by Crippen LogP contribution is 2.35. The minimum absolute atomic E-state index is 0.0200. The Labute approximate surface area is 69.8 Å². The maximum Gasteiger partial charge on any atom is 0.412 e. The standard InChI is InChI=1S/C9H11F3/c1-6-3-4-8(5-7(6)2)9(10,11)12/h3-4,7H,5H2,1-2H3/t7-/m1/s1. The molecular formula is C9H11F3. The van der Waals surface area contributed by atoms with Gasteiger partial charge in [0.05, 0.1) is 0 Å². The molecule has 0 unspecified atom stereocenters. The largest absolute Gasteiger partial charge is 0.412 e. The lowest BCUT2D eigenvalue weighted by molar-refractivity contribution is -0.0950. The van der Waals surface area contributed by atoms with E-state index in [4.69, 9.17) is 0 Å². The molecule has 1 atom stereocenters. The first-order valence-corrected chi connectivity index (χ1v) is 3.86. The molecular weight excluding hydrogens is 165 g/mol. The molecule has 0 radical (unpaired) electrons. The van der Waals surface area contributed by atoms with Crippen molar-refractivity contribution in [1.29, 1.82) is 0 Å². The van der Waals surface area contributed by atoms with Gasteiger partial charge in [-0.2, -0.15) is 13.2 Å². The Morgan fingerprint density at radius 1 is 1.33 bits per heavy atom. The zero-order valence-electron chi connectivity index (χ0n) is 7.07. The van der Waals surface area contributed by atoms with Crippen LogP contribution in [0.2, 0.25) is 0 Å². The second-order valence-electron chi connectivity index (χ2n) is 3.21. The molecule has 0 N–H and O–H groups in total. The van der Waals surface area contributed by atoms with E-state index in [1.54, 1.807) is 6.08 Å². The SMILES string of the molecule is CC1=CC=C(C(F)(F)F)C[C@H]1C. The summed E-state index contributed by atoms with van der Waals surface area (Å²) >= 11 is 0. The van der Waals surface area contributed by atoms with Crippen molar-refractivity contribution < 1.29 is 13.2 Å². The molecule has 3 heteroatoms. The predicted molar refractivity (Wildman–Crippen MR) is 41.7 cm³/mol. The molecule has 0 bridgehead atoms. The minimum atomic E-state index is -4.15. The average Bonchev–Trinajstić information content (AvgIpc) is 1.92. The van der Waals surface area contributed by atoms with Crippen LogP contribution in [-0.2, 0) is 0 Å². The summed E-state index contributed by atoms with van der Waals surface area (Å²) in [6.07, 6.45) is -1.30. The number of allylic oxidation sites excluding steroid dienone is 4. The molecule has 0 heterocycles. The lowest BCUT2D eigenvalue weighted by atomic mass is 9.89. The van der Waals surface area contributed by atoms with Crippen LogP contribution in [0.5, 0.6) is 0 Å². The van der Waals surface area contributed by atoms with Gasteiger partial charge < -0.3 is 0 Å². The second kappa shape index (κ2) is 2.96. The predicted octanol–water partition coefficient (Wildman–Crippen LogP) is 3.46. The van der Waals surface area contributed by atoms with E-state index in [0.29, 0.717) is 0 Å². The zero-order valence-corrected chi connectivity index (χ0v) is 7.07. The van der Waals surface area contributed by atoms with Gasteiger partial charge in [0.25, 0.3) is 0 Å². The summed E-state index contributed by atoms with van der Waals surface area (Å²) in [6.45, 7) is 3.67. The molecule has 0 aromatic rings. The molecule has 68 valence electrons. The Morgan fingerprint density at radius 3 is 2.33 bits per heavy atom. The average molecular weight is 176 g/mol. The third-order valence-corrected chi connectivity index (χ3v) is 2.21. The highest BCUT2D eigenvalue weighted by atomic mass is 19.4. The Kier molecular flexibility index (Phi) is 2.31. The van der Waals surface area contributed by atoms with Crippen molar-refractivity contribution in [1.82, 2.24) is 0 Å². The van der Waals surface area contributed by atoms with Crippen LogP contribution < -0.4 is 0 Å². The summed E-state index contributed by atoms with van der Waals surface area (Å²) in [4.78, 5) is 0. The van der Waals surface area contributed by atoms with E-state index in [2.05, 4.69) is 0 Å². The summed E-state index contributed by atoms with van der Waals surface area (Å²) in [5.74, 6) is 0.0200. The Morgan fingerprint density at radius 2 is 1.92 bits per heavy atom. The molecule has 0 aliphatic heterocycles. The van der Waals surface area contributed by atoms with Crippen LogP contribution in [0, 0.1) is 5.92 Å². The Hall–Kier alpha value is -0.730. The molecule has 0 spiro atoms. The minimum Gasteiger partial charge on any atom is -0.166 e. The number of halogens is 3. The molecule has 0 saturated heterocycles. The summed E-state index contributed by atoms with van der Waals surface area (Å²) < 4.78 is 36.4. The molecule has 0 aromatic heterocycles. The fraction of sp³-hybridized carbons (Fsp3) is 0.556. The van der Waals surface area contributed by atoms with Crippen LogP contribution in [0.1, 0.15) is 20.3 Å². The number of hydrogen-bond acceptors (Lipinski definition) is 0. The maximum atomic E-state index is 12.1. The van der Waals surface area contributed by atoms with Gasteiger partial charge in [0.1, 0.15) is 0 Å². The van der Waals surface area contributed by atoms with Crippen LogP contribution in [0.25, 0.3) is 0 Å². The number of rotatable bonds is 0. The fourth-order valence-corrected chi connectivity index (χ4v) is 1.17. The summed E-state index contributed by atoms with van der Waals surface area (Å²) in [5, 5.41) is 0. The van der Waals surface area contributed by atoms with E-state index in [1.807, 2.05) is 13.8 Å². The smallest absolute Gasteiger partial charge is 0.166 e. The molecule has 1 rings (SSSR count). The van der Waals surface area contributed by atoms with Crippen LogP contribution in [-0.4, -0.2) is 6.18 Å². The lowest BCUT2D eigenvalue weighted by Gasteiger charge is -2.20. The van der Waals surface area contributed by atoms with Crippen molar-refractivity contribution in [3.63, 3.8) is 0 Å². The normalized spacial score (nSPS) is 24.9. The molecule has 0 amide bonds. The number of hydrogen-bond donors (Lipinski definition) is 0. The van der Waals surface area contributed by atoms with Gasteiger partial charge in [0, 0.05) is 5.57 Å². The van der Waals surface area contributed by atoms with Crippen LogP contribution in [0.3, 0.4) is 0 Å². The summed E-state index contributed by atoms with van der Waals surface area (Å²) in [7, 11) is 0.